The second-order valence-corrected chi connectivity index (χ2v) is 2.17. The van der Waals surface area contributed by atoms with Crippen molar-refractivity contribution in [1.82, 2.24) is 16.0 Å². The van der Waals surface area contributed by atoms with Gasteiger partial charge in [0.05, 0.1) is 6.04 Å². The molecule has 0 amide bonds. The first-order valence-electron chi connectivity index (χ1n) is 3.44. The van der Waals surface area contributed by atoms with Gasteiger partial charge in [-0.1, -0.05) is 6.58 Å². The van der Waals surface area contributed by atoms with Crippen molar-refractivity contribution >= 4 is 0 Å². The molecule has 1 unspecified atom stereocenters. The molecule has 1 atom stereocenters. The second kappa shape index (κ2) is 5.26. The van der Waals surface area contributed by atoms with Gasteiger partial charge >= 0.3 is 0 Å². The molecule has 0 saturated carbocycles. The molecule has 0 radical (unpaired) electrons. The highest BCUT2D eigenvalue weighted by molar-refractivity contribution is 5.02. The summed E-state index contributed by atoms with van der Waals surface area (Å²) in [6.07, 6.45) is 0. The maximum absolute atomic E-state index is 3.85. The normalized spacial score (nSPS) is 12.7. The fourth-order valence-corrected chi connectivity index (χ4v) is 0.778. The van der Waals surface area contributed by atoms with Crippen LogP contribution in [-0.4, -0.2) is 33.7 Å². The van der Waals surface area contributed by atoms with E-state index in [1.165, 1.54) is 0 Å². The lowest BCUT2D eigenvalue weighted by Crippen LogP contribution is -2.39. The highest BCUT2D eigenvalue weighted by Gasteiger charge is 2.05. The summed E-state index contributed by atoms with van der Waals surface area (Å²) in [5, 5.41) is 9.20. The van der Waals surface area contributed by atoms with Crippen LogP contribution >= 0.6 is 0 Å². The average molecular weight is 143 g/mol. The van der Waals surface area contributed by atoms with Gasteiger partial charge < -0.3 is 16.0 Å². The SMILES string of the molecule is C=C(NC)C(CNC)NC. The van der Waals surface area contributed by atoms with Crippen LogP contribution < -0.4 is 16.0 Å². The van der Waals surface area contributed by atoms with Gasteiger partial charge in [0, 0.05) is 19.3 Å². The molecule has 10 heavy (non-hydrogen) atoms. The quantitative estimate of drug-likeness (QED) is 0.487. The van der Waals surface area contributed by atoms with Crippen LogP contribution in [0.3, 0.4) is 0 Å². The molecule has 3 N–H and O–H groups in total. The van der Waals surface area contributed by atoms with Crippen LogP contribution in [0, 0.1) is 0 Å². The molecule has 0 saturated heterocycles. The van der Waals surface area contributed by atoms with Gasteiger partial charge in [0.1, 0.15) is 0 Å². The summed E-state index contributed by atoms with van der Waals surface area (Å²) in [4.78, 5) is 0. The van der Waals surface area contributed by atoms with Crippen molar-refractivity contribution in [3.63, 3.8) is 0 Å². The van der Waals surface area contributed by atoms with E-state index in [0.29, 0.717) is 6.04 Å². The predicted octanol–water partition coefficient (Wildman–Crippen LogP) is -0.473. The van der Waals surface area contributed by atoms with Crippen LogP contribution in [0.1, 0.15) is 0 Å². The first kappa shape index (κ1) is 9.46. The van der Waals surface area contributed by atoms with E-state index in [-0.39, 0.29) is 0 Å². The Bertz CT molecular complexity index is 101. The van der Waals surface area contributed by atoms with Crippen LogP contribution in [0.4, 0.5) is 0 Å². The highest BCUT2D eigenvalue weighted by atomic mass is 15.0. The van der Waals surface area contributed by atoms with Crippen molar-refractivity contribution in [2.45, 2.75) is 6.04 Å². The molecule has 0 aliphatic carbocycles. The predicted molar refractivity (Wildman–Crippen MR) is 45.0 cm³/mol. The van der Waals surface area contributed by atoms with E-state index in [4.69, 9.17) is 0 Å². The van der Waals surface area contributed by atoms with Gasteiger partial charge in [-0.3, -0.25) is 0 Å². The minimum absolute atomic E-state index is 0.315. The van der Waals surface area contributed by atoms with E-state index in [1.807, 2.05) is 21.1 Å². The molecule has 3 heteroatoms. The molecule has 0 aromatic carbocycles. The summed E-state index contributed by atoms with van der Waals surface area (Å²) in [5.41, 5.74) is 1.01. The lowest BCUT2D eigenvalue weighted by Gasteiger charge is -2.17. The van der Waals surface area contributed by atoms with Crippen LogP contribution in [0.25, 0.3) is 0 Å². The van der Waals surface area contributed by atoms with Gasteiger partial charge in [-0.25, -0.2) is 0 Å². The Kier molecular flexibility index (Phi) is 4.98. The van der Waals surface area contributed by atoms with E-state index < -0.39 is 0 Å². The van der Waals surface area contributed by atoms with Crippen molar-refractivity contribution < 1.29 is 0 Å². The van der Waals surface area contributed by atoms with E-state index >= 15 is 0 Å². The third-order valence-electron chi connectivity index (χ3n) is 1.50. The summed E-state index contributed by atoms with van der Waals surface area (Å²) in [5.74, 6) is 0. The van der Waals surface area contributed by atoms with Gasteiger partial charge in [0.15, 0.2) is 0 Å². The zero-order valence-corrected chi connectivity index (χ0v) is 6.99. The van der Waals surface area contributed by atoms with Gasteiger partial charge in [-0.15, -0.1) is 0 Å². The monoisotopic (exact) mass is 143 g/mol. The lowest BCUT2D eigenvalue weighted by molar-refractivity contribution is 0.570. The minimum atomic E-state index is 0.315. The summed E-state index contributed by atoms with van der Waals surface area (Å²) >= 11 is 0. The topological polar surface area (TPSA) is 36.1 Å². The number of likely N-dealkylation sites (N-methyl/N-ethyl adjacent to an activating group) is 3. The smallest absolute Gasteiger partial charge is 0.0587 e. The molecule has 0 rings (SSSR count). The molecule has 0 aromatic rings. The number of hydrogen-bond acceptors (Lipinski definition) is 3. The molecule has 0 fully saturated rings. The molecule has 0 bridgehead atoms. The fourth-order valence-electron chi connectivity index (χ4n) is 0.778. The molecular formula is C7H17N3. The summed E-state index contributed by atoms with van der Waals surface area (Å²) < 4.78 is 0. The van der Waals surface area contributed by atoms with Crippen molar-refractivity contribution in [2.24, 2.45) is 0 Å². The van der Waals surface area contributed by atoms with Crippen molar-refractivity contribution in [3.8, 4) is 0 Å². The standard InChI is InChI=1S/C7H17N3/c1-6(9-3)7(10-4)5-8-2/h7-10H,1,5H2,2-4H3. The molecule has 0 aromatic heterocycles. The summed E-state index contributed by atoms with van der Waals surface area (Å²) in [7, 11) is 5.72. The van der Waals surface area contributed by atoms with Crippen LogP contribution in [0.2, 0.25) is 0 Å². The highest BCUT2D eigenvalue weighted by Crippen LogP contribution is 1.90. The Morgan fingerprint density at radius 3 is 2.30 bits per heavy atom. The maximum Gasteiger partial charge on any atom is 0.0587 e. The fraction of sp³-hybridized carbons (Fsp3) is 0.714. The van der Waals surface area contributed by atoms with Crippen LogP contribution in [0.5, 0.6) is 0 Å². The van der Waals surface area contributed by atoms with E-state index in [1.54, 1.807) is 0 Å². The molecule has 0 aliphatic rings. The Morgan fingerprint density at radius 1 is 1.40 bits per heavy atom. The molecule has 60 valence electrons. The average Bonchev–Trinajstić information content (AvgIpc) is 1.99. The molecular weight excluding hydrogens is 126 g/mol. The third-order valence-corrected chi connectivity index (χ3v) is 1.50. The second-order valence-electron chi connectivity index (χ2n) is 2.17. The zero-order valence-electron chi connectivity index (χ0n) is 6.99. The lowest BCUT2D eigenvalue weighted by atomic mass is 10.2. The number of rotatable bonds is 5. The molecule has 0 heterocycles. The third kappa shape index (κ3) is 2.85. The Morgan fingerprint density at radius 2 is 2.00 bits per heavy atom. The largest absolute Gasteiger partial charge is 0.391 e. The van der Waals surface area contributed by atoms with E-state index in [9.17, 15) is 0 Å². The summed E-state index contributed by atoms with van der Waals surface area (Å²) in [6.45, 7) is 4.75. The Hall–Kier alpha value is -0.540. The van der Waals surface area contributed by atoms with Crippen LogP contribution in [0.15, 0.2) is 12.3 Å². The van der Waals surface area contributed by atoms with Crippen molar-refractivity contribution in [3.05, 3.63) is 12.3 Å². The van der Waals surface area contributed by atoms with Gasteiger partial charge in [0.2, 0.25) is 0 Å². The van der Waals surface area contributed by atoms with Crippen molar-refractivity contribution in [1.29, 1.82) is 0 Å². The zero-order chi connectivity index (χ0) is 7.98. The van der Waals surface area contributed by atoms with Crippen LogP contribution in [-0.2, 0) is 0 Å². The van der Waals surface area contributed by atoms with Gasteiger partial charge in [-0.2, -0.15) is 0 Å². The van der Waals surface area contributed by atoms with E-state index in [0.717, 1.165) is 12.2 Å². The summed E-state index contributed by atoms with van der Waals surface area (Å²) in [6, 6.07) is 0.315. The number of nitrogens with one attached hydrogen (secondary N) is 3. The molecule has 3 nitrogen and oxygen atoms in total. The molecule has 0 aliphatic heterocycles. The first-order valence-corrected chi connectivity index (χ1v) is 3.44. The maximum atomic E-state index is 3.85. The van der Waals surface area contributed by atoms with Gasteiger partial charge in [0.25, 0.3) is 0 Å². The van der Waals surface area contributed by atoms with Crippen molar-refractivity contribution in [2.75, 3.05) is 27.7 Å². The number of hydrogen-bond donors (Lipinski definition) is 3. The Labute approximate surface area is 62.9 Å². The Balaban J connectivity index is 3.68. The molecule has 0 spiro atoms. The minimum Gasteiger partial charge on any atom is -0.391 e. The first-order chi connectivity index (χ1) is 4.76. The van der Waals surface area contributed by atoms with E-state index in [2.05, 4.69) is 22.5 Å². The van der Waals surface area contributed by atoms with Gasteiger partial charge in [-0.05, 0) is 14.1 Å².